The van der Waals surface area contributed by atoms with E-state index in [2.05, 4.69) is 29.2 Å². The van der Waals surface area contributed by atoms with Crippen LogP contribution in [-0.4, -0.2) is 30.1 Å². The lowest BCUT2D eigenvalue weighted by Crippen LogP contribution is -2.28. The van der Waals surface area contributed by atoms with E-state index >= 15 is 0 Å². The predicted molar refractivity (Wildman–Crippen MR) is 67.3 cm³/mol. The van der Waals surface area contributed by atoms with Crippen molar-refractivity contribution in [2.24, 2.45) is 5.92 Å². The van der Waals surface area contributed by atoms with E-state index in [1.54, 1.807) is 0 Å². The normalized spacial score (nSPS) is 35.6. The van der Waals surface area contributed by atoms with E-state index in [0.717, 1.165) is 24.1 Å². The Morgan fingerprint density at radius 1 is 1.24 bits per heavy atom. The first-order valence-corrected chi connectivity index (χ1v) is 6.89. The molecule has 0 aliphatic carbocycles. The van der Waals surface area contributed by atoms with E-state index in [0.29, 0.717) is 6.10 Å². The molecule has 2 nitrogen and oxygen atoms in total. The molecule has 4 rings (SSSR count). The van der Waals surface area contributed by atoms with Crippen molar-refractivity contribution in [3.63, 3.8) is 0 Å². The molecule has 17 heavy (non-hydrogen) atoms. The molecule has 3 heterocycles. The average Bonchev–Trinajstić information content (AvgIpc) is 3.01. The predicted octanol–water partition coefficient (Wildman–Crippen LogP) is 2.47. The topological polar surface area (TPSA) is 12.5 Å². The fraction of sp³-hybridized carbons (Fsp3) is 0.600. The molecule has 1 aromatic rings. The Morgan fingerprint density at radius 2 is 2.18 bits per heavy atom. The van der Waals surface area contributed by atoms with Crippen LogP contribution in [0.1, 0.15) is 24.8 Å². The molecule has 0 amide bonds. The summed E-state index contributed by atoms with van der Waals surface area (Å²) in [6.45, 7) is 2.59. The summed E-state index contributed by atoms with van der Waals surface area (Å²) in [7, 11) is 0. The van der Waals surface area contributed by atoms with Crippen molar-refractivity contribution < 1.29 is 4.74 Å². The highest BCUT2D eigenvalue weighted by molar-refractivity contribution is 5.37. The van der Waals surface area contributed by atoms with E-state index in [4.69, 9.17) is 4.74 Å². The lowest BCUT2D eigenvalue weighted by molar-refractivity contribution is 0.159. The molecule has 2 heteroatoms. The highest BCUT2D eigenvalue weighted by atomic mass is 16.5. The minimum atomic E-state index is 0.443. The monoisotopic (exact) mass is 229 g/mol. The summed E-state index contributed by atoms with van der Waals surface area (Å²) in [5.74, 6) is 1.89. The third kappa shape index (κ3) is 1.58. The molecule has 0 saturated carbocycles. The van der Waals surface area contributed by atoms with Crippen LogP contribution < -0.4 is 4.74 Å². The van der Waals surface area contributed by atoms with Crippen LogP contribution in [0.15, 0.2) is 24.3 Å². The van der Waals surface area contributed by atoms with Crippen molar-refractivity contribution in [3.05, 3.63) is 29.8 Å². The first-order valence-electron chi connectivity index (χ1n) is 6.89. The molecular weight excluding hydrogens is 210 g/mol. The molecule has 90 valence electrons. The third-order valence-electron chi connectivity index (χ3n) is 4.74. The molecule has 0 aromatic heterocycles. The average molecular weight is 229 g/mol. The third-order valence-corrected chi connectivity index (χ3v) is 4.74. The van der Waals surface area contributed by atoms with Gasteiger partial charge in [0.1, 0.15) is 11.9 Å². The summed E-state index contributed by atoms with van der Waals surface area (Å²) >= 11 is 0. The van der Waals surface area contributed by atoms with Gasteiger partial charge >= 0.3 is 0 Å². The zero-order valence-corrected chi connectivity index (χ0v) is 10.1. The van der Waals surface area contributed by atoms with Gasteiger partial charge in [0.2, 0.25) is 0 Å². The SMILES string of the molecule is c1ccc2c(c1)CC(C1CC3CCCN3C1)O2. The van der Waals surface area contributed by atoms with Crippen molar-refractivity contribution in [2.45, 2.75) is 37.8 Å². The van der Waals surface area contributed by atoms with Crippen molar-refractivity contribution in [1.29, 1.82) is 0 Å². The number of hydrogen-bond donors (Lipinski definition) is 0. The molecule has 2 fully saturated rings. The summed E-state index contributed by atoms with van der Waals surface area (Å²) < 4.78 is 6.13. The van der Waals surface area contributed by atoms with Gasteiger partial charge in [-0.05, 0) is 37.4 Å². The first kappa shape index (κ1) is 9.95. The zero-order chi connectivity index (χ0) is 11.2. The maximum absolute atomic E-state index is 6.13. The number of fused-ring (bicyclic) bond motifs is 2. The molecule has 2 saturated heterocycles. The first-order chi connectivity index (χ1) is 8.40. The van der Waals surface area contributed by atoms with E-state index in [1.165, 1.54) is 37.9 Å². The fourth-order valence-corrected chi connectivity index (χ4v) is 3.87. The lowest BCUT2D eigenvalue weighted by Gasteiger charge is -2.19. The van der Waals surface area contributed by atoms with Crippen LogP contribution in [0, 0.1) is 5.92 Å². The van der Waals surface area contributed by atoms with Crippen LogP contribution in [0.3, 0.4) is 0 Å². The standard InChI is InChI=1S/C15H19NO/c1-2-6-14-11(4-1)9-15(17-14)12-8-13-5-3-7-16(13)10-12/h1-2,4,6,12-13,15H,3,5,7-10H2. The molecule has 0 spiro atoms. The van der Waals surface area contributed by atoms with Crippen LogP contribution in [0.25, 0.3) is 0 Å². The summed E-state index contributed by atoms with van der Waals surface area (Å²) in [5.41, 5.74) is 1.41. The molecule has 0 bridgehead atoms. The highest BCUT2D eigenvalue weighted by Gasteiger charge is 2.41. The summed E-state index contributed by atoms with van der Waals surface area (Å²) in [5, 5.41) is 0. The second-order valence-electron chi connectivity index (χ2n) is 5.75. The van der Waals surface area contributed by atoms with E-state index in [1.807, 2.05) is 0 Å². The van der Waals surface area contributed by atoms with Gasteiger partial charge in [0.05, 0.1) is 0 Å². The maximum atomic E-state index is 6.13. The van der Waals surface area contributed by atoms with Gasteiger partial charge < -0.3 is 4.74 Å². The van der Waals surface area contributed by atoms with Crippen molar-refractivity contribution in [1.82, 2.24) is 4.90 Å². The largest absolute Gasteiger partial charge is 0.489 e. The molecule has 3 unspecified atom stereocenters. The Bertz CT molecular complexity index is 394. The van der Waals surface area contributed by atoms with Crippen molar-refractivity contribution >= 4 is 0 Å². The van der Waals surface area contributed by atoms with Crippen LogP contribution in [0.5, 0.6) is 5.75 Å². The Kier molecular flexibility index (Phi) is 2.19. The minimum absolute atomic E-state index is 0.443. The van der Waals surface area contributed by atoms with E-state index in [-0.39, 0.29) is 0 Å². The van der Waals surface area contributed by atoms with Crippen LogP contribution >= 0.6 is 0 Å². The second-order valence-corrected chi connectivity index (χ2v) is 5.75. The van der Waals surface area contributed by atoms with Gasteiger partial charge in [-0.3, -0.25) is 4.90 Å². The molecule has 1 aromatic carbocycles. The molecule has 0 N–H and O–H groups in total. The highest BCUT2D eigenvalue weighted by Crippen LogP contribution is 2.38. The Labute approximate surface area is 103 Å². The summed E-state index contributed by atoms with van der Waals surface area (Å²) in [4.78, 5) is 2.68. The van der Waals surface area contributed by atoms with Gasteiger partial charge in [0.15, 0.2) is 0 Å². The Morgan fingerprint density at radius 3 is 3.06 bits per heavy atom. The smallest absolute Gasteiger partial charge is 0.123 e. The summed E-state index contributed by atoms with van der Waals surface area (Å²) in [6.07, 6.45) is 5.75. The van der Waals surface area contributed by atoms with E-state index < -0.39 is 0 Å². The van der Waals surface area contributed by atoms with Gasteiger partial charge in [-0.15, -0.1) is 0 Å². The summed E-state index contributed by atoms with van der Waals surface area (Å²) in [6, 6.07) is 9.40. The van der Waals surface area contributed by atoms with Gasteiger partial charge in [0, 0.05) is 24.9 Å². The van der Waals surface area contributed by atoms with Crippen molar-refractivity contribution in [2.75, 3.05) is 13.1 Å². The number of benzene rings is 1. The molecule has 3 aliphatic rings. The number of nitrogens with zero attached hydrogens (tertiary/aromatic N) is 1. The lowest BCUT2D eigenvalue weighted by atomic mass is 9.94. The number of para-hydroxylation sites is 1. The Hall–Kier alpha value is -1.02. The molecule has 3 aliphatic heterocycles. The van der Waals surface area contributed by atoms with Crippen LogP contribution in [-0.2, 0) is 6.42 Å². The Balaban J connectivity index is 1.49. The zero-order valence-electron chi connectivity index (χ0n) is 10.1. The molecule has 3 atom stereocenters. The van der Waals surface area contributed by atoms with Gasteiger partial charge in [-0.1, -0.05) is 18.2 Å². The molecule has 0 radical (unpaired) electrons. The number of hydrogen-bond acceptors (Lipinski definition) is 2. The van der Waals surface area contributed by atoms with E-state index in [9.17, 15) is 0 Å². The number of ether oxygens (including phenoxy) is 1. The maximum Gasteiger partial charge on any atom is 0.123 e. The van der Waals surface area contributed by atoms with Crippen LogP contribution in [0.2, 0.25) is 0 Å². The minimum Gasteiger partial charge on any atom is -0.489 e. The van der Waals surface area contributed by atoms with Crippen LogP contribution in [0.4, 0.5) is 0 Å². The number of rotatable bonds is 1. The fourth-order valence-electron chi connectivity index (χ4n) is 3.87. The van der Waals surface area contributed by atoms with Gasteiger partial charge in [-0.25, -0.2) is 0 Å². The second kappa shape index (κ2) is 3.74. The molecular formula is C15H19NO. The van der Waals surface area contributed by atoms with Gasteiger partial charge in [0.25, 0.3) is 0 Å². The quantitative estimate of drug-likeness (QED) is 0.733. The van der Waals surface area contributed by atoms with Gasteiger partial charge in [-0.2, -0.15) is 0 Å². The van der Waals surface area contributed by atoms with Crippen molar-refractivity contribution in [3.8, 4) is 5.75 Å².